The Morgan fingerprint density at radius 2 is 1.79 bits per heavy atom. The lowest BCUT2D eigenvalue weighted by Crippen LogP contribution is -2.37. The van der Waals surface area contributed by atoms with Crippen LogP contribution >= 0.6 is 24.0 Å². The SMILES string of the molecule is CCOc1ccc(NC(=O)CN2C(=O)/C(=C3\SC(=S)N([C@H](C)CC)C3=O)c3ccccc32)cc1. The molecule has 3 amide bonds. The number of para-hydroxylation sites is 1. The maximum atomic E-state index is 13.5. The van der Waals surface area contributed by atoms with Crippen LogP contribution in [-0.2, 0) is 14.4 Å². The number of carbonyl (C=O) groups is 3. The topological polar surface area (TPSA) is 79.0 Å². The first kappa shape index (κ1) is 24.0. The number of benzene rings is 2. The van der Waals surface area contributed by atoms with Crippen LogP contribution in [-0.4, -0.2) is 46.1 Å². The van der Waals surface area contributed by atoms with Crippen molar-refractivity contribution < 1.29 is 19.1 Å². The highest BCUT2D eigenvalue weighted by Crippen LogP contribution is 2.45. The van der Waals surface area contributed by atoms with E-state index >= 15 is 0 Å². The molecule has 0 aromatic heterocycles. The van der Waals surface area contributed by atoms with E-state index in [4.69, 9.17) is 17.0 Å². The fraction of sp³-hybridized carbons (Fsp3) is 0.280. The molecule has 2 aromatic carbocycles. The average Bonchev–Trinajstić information content (AvgIpc) is 3.27. The van der Waals surface area contributed by atoms with Crippen LogP contribution in [0.15, 0.2) is 53.4 Å². The van der Waals surface area contributed by atoms with Crippen molar-refractivity contribution in [2.24, 2.45) is 0 Å². The summed E-state index contributed by atoms with van der Waals surface area (Å²) in [6, 6.07) is 14.2. The van der Waals surface area contributed by atoms with Gasteiger partial charge in [-0.15, -0.1) is 0 Å². The van der Waals surface area contributed by atoms with Crippen molar-refractivity contribution in [3.05, 3.63) is 59.0 Å². The first-order valence-corrected chi connectivity index (χ1v) is 12.3. The quantitative estimate of drug-likeness (QED) is 0.452. The predicted octanol–water partition coefficient (Wildman–Crippen LogP) is 4.44. The van der Waals surface area contributed by atoms with Crippen LogP contribution < -0.4 is 15.0 Å². The fourth-order valence-corrected chi connectivity index (χ4v) is 5.43. The predicted molar refractivity (Wildman–Crippen MR) is 139 cm³/mol. The first-order chi connectivity index (χ1) is 16.3. The van der Waals surface area contributed by atoms with E-state index in [1.165, 1.54) is 4.90 Å². The lowest BCUT2D eigenvalue weighted by atomic mass is 10.1. The van der Waals surface area contributed by atoms with Crippen molar-refractivity contribution >= 4 is 63.0 Å². The number of thiocarbonyl (C=S) groups is 1. The van der Waals surface area contributed by atoms with Gasteiger partial charge in [-0.2, -0.15) is 0 Å². The summed E-state index contributed by atoms with van der Waals surface area (Å²) in [6.45, 7) is 6.19. The van der Waals surface area contributed by atoms with Gasteiger partial charge in [0.2, 0.25) is 5.91 Å². The number of fused-ring (bicyclic) bond motifs is 1. The number of nitrogens with zero attached hydrogens (tertiary/aromatic N) is 2. The molecule has 7 nitrogen and oxygen atoms in total. The molecule has 0 radical (unpaired) electrons. The molecule has 0 saturated carbocycles. The Morgan fingerprint density at radius 1 is 1.09 bits per heavy atom. The third-order valence-corrected chi connectivity index (χ3v) is 7.13. The highest BCUT2D eigenvalue weighted by Gasteiger charge is 2.43. The van der Waals surface area contributed by atoms with Gasteiger partial charge in [-0.05, 0) is 50.6 Å². The maximum Gasteiger partial charge on any atom is 0.267 e. The normalized spacial score (nSPS) is 18.4. The monoisotopic (exact) mass is 495 g/mol. The molecule has 34 heavy (non-hydrogen) atoms. The molecule has 2 aromatic rings. The van der Waals surface area contributed by atoms with E-state index < -0.39 is 0 Å². The van der Waals surface area contributed by atoms with Crippen LogP contribution in [0.5, 0.6) is 5.75 Å². The van der Waals surface area contributed by atoms with E-state index in [2.05, 4.69) is 5.32 Å². The summed E-state index contributed by atoms with van der Waals surface area (Å²) in [5.74, 6) is -0.278. The van der Waals surface area contributed by atoms with E-state index in [0.29, 0.717) is 44.1 Å². The Balaban J connectivity index is 1.59. The number of amides is 3. The smallest absolute Gasteiger partial charge is 0.267 e. The molecule has 1 saturated heterocycles. The molecule has 0 spiro atoms. The first-order valence-electron chi connectivity index (χ1n) is 11.1. The summed E-state index contributed by atoms with van der Waals surface area (Å²) < 4.78 is 5.86. The van der Waals surface area contributed by atoms with Gasteiger partial charge in [-0.1, -0.05) is 49.1 Å². The molecule has 176 valence electrons. The van der Waals surface area contributed by atoms with Gasteiger partial charge in [0.25, 0.3) is 11.8 Å². The fourth-order valence-electron chi connectivity index (χ4n) is 3.89. The molecule has 1 atom stereocenters. The Hall–Kier alpha value is -3.17. The molecule has 2 aliphatic heterocycles. The van der Waals surface area contributed by atoms with E-state index in [9.17, 15) is 14.4 Å². The maximum absolute atomic E-state index is 13.5. The second kappa shape index (κ2) is 9.99. The highest BCUT2D eigenvalue weighted by molar-refractivity contribution is 8.26. The zero-order chi connectivity index (χ0) is 24.4. The Kier molecular flexibility index (Phi) is 7.04. The van der Waals surface area contributed by atoms with Crippen molar-refractivity contribution in [1.29, 1.82) is 0 Å². The minimum Gasteiger partial charge on any atom is -0.494 e. The number of anilines is 2. The molecule has 1 N–H and O–H groups in total. The van der Waals surface area contributed by atoms with Gasteiger partial charge in [0.05, 0.1) is 22.8 Å². The molecule has 9 heteroatoms. The zero-order valence-corrected chi connectivity index (χ0v) is 20.8. The lowest BCUT2D eigenvalue weighted by Gasteiger charge is -2.21. The molecular formula is C25H25N3O4S2. The molecular weight excluding hydrogens is 470 g/mol. The van der Waals surface area contributed by atoms with Crippen LogP contribution in [0.2, 0.25) is 0 Å². The summed E-state index contributed by atoms with van der Waals surface area (Å²) in [5.41, 5.74) is 2.12. The van der Waals surface area contributed by atoms with Crippen molar-refractivity contribution in [2.75, 3.05) is 23.4 Å². The molecule has 0 bridgehead atoms. The molecule has 2 heterocycles. The van der Waals surface area contributed by atoms with Gasteiger partial charge in [0.1, 0.15) is 16.6 Å². The number of nitrogens with one attached hydrogen (secondary N) is 1. The molecule has 0 aliphatic carbocycles. The highest BCUT2D eigenvalue weighted by atomic mass is 32.2. The van der Waals surface area contributed by atoms with E-state index in [-0.39, 0.29) is 30.3 Å². The molecule has 0 unspecified atom stereocenters. The van der Waals surface area contributed by atoms with Gasteiger partial charge in [0, 0.05) is 17.3 Å². The third-order valence-electron chi connectivity index (χ3n) is 5.73. The van der Waals surface area contributed by atoms with Crippen molar-refractivity contribution in [2.45, 2.75) is 33.2 Å². The van der Waals surface area contributed by atoms with Crippen molar-refractivity contribution in [3.8, 4) is 5.75 Å². The number of carbonyl (C=O) groups excluding carboxylic acids is 3. The number of ether oxygens (including phenoxy) is 1. The second-order valence-corrected chi connectivity index (χ2v) is 9.56. The van der Waals surface area contributed by atoms with Gasteiger partial charge >= 0.3 is 0 Å². The Labute approximate surface area is 208 Å². The van der Waals surface area contributed by atoms with Crippen LogP contribution in [0.25, 0.3) is 5.57 Å². The summed E-state index contributed by atoms with van der Waals surface area (Å²) in [6.07, 6.45) is 0.747. The third kappa shape index (κ3) is 4.45. The average molecular weight is 496 g/mol. The summed E-state index contributed by atoms with van der Waals surface area (Å²) in [4.78, 5) is 42.8. The Bertz CT molecular complexity index is 1190. The van der Waals surface area contributed by atoms with Crippen LogP contribution in [0, 0.1) is 0 Å². The number of thioether (sulfide) groups is 1. The standard InChI is InChI=1S/C25H25N3O4S2/c1-4-15(3)28-24(31)22(34-25(28)33)21-18-8-6-7-9-19(18)27(23(21)30)14-20(29)26-16-10-12-17(13-11-16)32-5-2/h6-13,15H,4-5,14H2,1-3H3,(H,26,29)/b22-21-/t15-/m1/s1. The summed E-state index contributed by atoms with van der Waals surface area (Å²) >= 11 is 6.59. The second-order valence-electron chi connectivity index (χ2n) is 7.92. The van der Waals surface area contributed by atoms with E-state index in [0.717, 1.165) is 18.2 Å². The van der Waals surface area contributed by atoms with Crippen molar-refractivity contribution in [3.63, 3.8) is 0 Å². The minimum atomic E-state index is -0.382. The van der Waals surface area contributed by atoms with E-state index in [1.54, 1.807) is 47.4 Å². The van der Waals surface area contributed by atoms with E-state index in [1.807, 2.05) is 26.8 Å². The summed E-state index contributed by atoms with van der Waals surface area (Å²) in [7, 11) is 0. The molecule has 4 rings (SSSR count). The summed E-state index contributed by atoms with van der Waals surface area (Å²) in [5, 5.41) is 2.81. The number of hydrogen-bond donors (Lipinski definition) is 1. The molecule has 2 aliphatic rings. The van der Waals surface area contributed by atoms with Crippen LogP contribution in [0.4, 0.5) is 11.4 Å². The van der Waals surface area contributed by atoms with Gasteiger partial charge in [0.15, 0.2) is 0 Å². The number of rotatable bonds is 7. The van der Waals surface area contributed by atoms with Crippen LogP contribution in [0.1, 0.15) is 32.8 Å². The largest absolute Gasteiger partial charge is 0.494 e. The van der Waals surface area contributed by atoms with Gasteiger partial charge < -0.3 is 10.1 Å². The molecule has 1 fully saturated rings. The van der Waals surface area contributed by atoms with Crippen LogP contribution in [0.3, 0.4) is 0 Å². The lowest BCUT2D eigenvalue weighted by molar-refractivity contribution is -0.123. The van der Waals surface area contributed by atoms with Crippen molar-refractivity contribution in [1.82, 2.24) is 4.90 Å². The zero-order valence-electron chi connectivity index (χ0n) is 19.2. The Morgan fingerprint density at radius 3 is 2.47 bits per heavy atom. The minimum absolute atomic E-state index is 0.0617. The number of hydrogen-bond acceptors (Lipinski definition) is 6. The van der Waals surface area contributed by atoms with Gasteiger partial charge in [-0.3, -0.25) is 24.2 Å². The van der Waals surface area contributed by atoms with Gasteiger partial charge in [-0.25, -0.2) is 0 Å².